The minimum Gasteiger partial charge on any atom is -0.347 e. The van der Waals surface area contributed by atoms with E-state index in [0.717, 1.165) is 36.3 Å². The fourth-order valence-electron chi connectivity index (χ4n) is 2.86. The number of hydrogen-bond acceptors (Lipinski definition) is 4. The molecule has 2 N–H and O–H groups in total. The Morgan fingerprint density at radius 1 is 1.24 bits per heavy atom. The Balaban J connectivity index is 1.45. The minimum atomic E-state index is -0.101. The van der Waals surface area contributed by atoms with Gasteiger partial charge in [-0.05, 0) is 36.5 Å². The largest absolute Gasteiger partial charge is 0.347 e. The molecule has 1 aliphatic carbocycles. The van der Waals surface area contributed by atoms with Crippen LogP contribution in [0.15, 0.2) is 47.2 Å². The summed E-state index contributed by atoms with van der Waals surface area (Å²) in [5.41, 5.74) is 9.06. The van der Waals surface area contributed by atoms with Gasteiger partial charge in [-0.1, -0.05) is 30.1 Å². The molecule has 3 aromatic rings. The Hall–Kier alpha value is -2.84. The Kier molecular flexibility index (Phi) is 3.90. The highest BCUT2D eigenvalue weighted by Crippen LogP contribution is 2.42. The Morgan fingerprint density at radius 2 is 2.04 bits per heavy atom. The van der Waals surface area contributed by atoms with Gasteiger partial charge in [0.25, 0.3) is 0 Å². The molecule has 1 fully saturated rings. The number of aromatic nitrogens is 3. The second-order valence-corrected chi connectivity index (χ2v) is 6.49. The second-order valence-electron chi connectivity index (χ2n) is 6.49. The van der Waals surface area contributed by atoms with E-state index in [2.05, 4.69) is 45.6 Å². The van der Waals surface area contributed by atoms with Crippen LogP contribution in [0, 0.1) is 11.8 Å². The monoisotopic (exact) mass is 332 g/mol. The lowest BCUT2D eigenvalue weighted by Crippen LogP contribution is -2.18. The summed E-state index contributed by atoms with van der Waals surface area (Å²) in [5, 5.41) is 4.09. The van der Waals surface area contributed by atoms with E-state index in [-0.39, 0.29) is 5.54 Å². The summed E-state index contributed by atoms with van der Waals surface area (Å²) >= 11 is 0. The number of hydrogen-bond donors (Lipinski definition) is 1. The molecule has 0 amide bonds. The van der Waals surface area contributed by atoms with Gasteiger partial charge in [0.1, 0.15) is 11.5 Å². The fraction of sp³-hybridized carbons (Fsp3) is 0.300. The van der Waals surface area contributed by atoms with E-state index in [1.54, 1.807) is 6.20 Å². The predicted octanol–water partition coefficient (Wildman–Crippen LogP) is 2.83. The van der Waals surface area contributed by atoms with Gasteiger partial charge in [0.2, 0.25) is 5.76 Å². The maximum atomic E-state index is 6.20. The normalized spacial score (nSPS) is 14.8. The first-order valence-corrected chi connectivity index (χ1v) is 8.53. The Morgan fingerprint density at radius 3 is 2.76 bits per heavy atom. The zero-order valence-corrected chi connectivity index (χ0v) is 14.2. The molecule has 126 valence electrons. The van der Waals surface area contributed by atoms with Crippen molar-refractivity contribution in [3.05, 3.63) is 71.1 Å². The number of benzene rings is 1. The standard InChI is InChI=1S/C20H20N4O/c1-2-19-22-11-12-24(19)14-17-13-18(25-23-17)8-5-15-3-6-16(7-4-15)20(21)9-10-20/h3-4,6-7,11-13H,2,9-10,14,21H2,1H3. The van der Waals surface area contributed by atoms with Crippen LogP contribution in [-0.4, -0.2) is 14.7 Å². The lowest BCUT2D eigenvalue weighted by atomic mass is 10.0. The molecule has 5 heteroatoms. The highest BCUT2D eigenvalue weighted by molar-refractivity contribution is 5.42. The Bertz CT molecular complexity index is 936. The van der Waals surface area contributed by atoms with Crippen LogP contribution >= 0.6 is 0 Å². The number of nitrogens with two attached hydrogens (primary N) is 1. The third-order valence-corrected chi connectivity index (χ3v) is 4.59. The topological polar surface area (TPSA) is 69.9 Å². The number of aryl methyl sites for hydroxylation is 1. The SMILES string of the molecule is CCc1nccn1Cc1cc(C#Cc2ccc(C3(N)CC3)cc2)on1. The smallest absolute Gasteiger partial charge is 0.210 e. The van der Waals surface area contributed by atoms with E-state index in [4.69, 9.17) is 10.3 Å². The first kappa shape index (κ1) is 15.7. The molecular formula is C20H20N4O. The number of imidazole rings is 1. The molecule has 0 spiro atoms. The third-order valence-electron chi connectivity index (χ3n) is 4.59. The van der Waals surface area contributed by atoms with Crippen LogP contribution in [-0.2, 0) is 18.5 Å². The summed E-state index contributed by atoms with van der Waals surface area (Å²) in [7, 11) is 0. The zero-order chi connectivity index (χ0) is 17.3. The fourth-order valence-corrected chi connectivity index (χ4v) is 2.86. The number of rotatable bonds is 4. The molecule has 0 unspecified atom stereocenters. The van der Waals surface area contributed by atoms with Crippen LogP contribution in [0.25, 0.3) is 0 Å². The lowest BCUT2D eigenvalue weighted by Gasteiger charge is -2.07. The average molecular weight is 332 g/mol. The van der Waals surface area contributed by atoms with Crippen LogP contribution in [0.2, 0.25) is 0 Å². The molecule has 1 saturated carbocycles. The van der Waals surface area contributed by atoms with Crippen LogP contribution < -0.4 is 5.73 Å². The molecule has 2 aromatic heterocycles. The van der Waals surface area contributed by atoms with Gasteiger partial charge in [-0.15, -0.1) is 0 Å². The predicted molar refractivity (Wildman–Crippen MR) is 94.7 cm³/mol. The van der Waals surface area contributed by atoms with Gasteiger partial charge in [-0.25, -0.2) is 4.98 Å². The van der Waals surface area contributed by atoms with E-state index >= 15 is 0 Å². The van der Waals surface area contributed by atoms with Crippen molar-refractivity contribution in [1.29, 1.82) is 0 Å². The van der Waals surface area contributed by atoms with E-state index in [0.29, 0.717) is 12.3 Å². The third kappa shape index (κ3) is 3.35. The van der Waals surface area contributed by atoms with Gasteiger partial charge >= 0.3 is 0 Å². The van der Waals surface area contributed by atoms with Gasteiger partial charge in [-0.2, -0.15) is 0 Å². The van der Waals surface area contributed by atoms with Gasteiger partial charge < -0.3 is 14.8 Å². The summed E-state index contributed by atoms with van der Waals surface area (Å²) in [6.07, 6.45) is 6.77. The first-order chi connectivity index (χ1) is 12.2. The molecule has 25 heavy (non-hydrogen) atoms. The average Bonchev–Trinajstić information content (AvgIpc) is 3.04. The van der Waals surface area contributed by atoms with Crippen molar-refractivity contribution in [2.75, 3.05) is 0 Å². The van der Waals surface area contributed by atoms with Crippen molar-refractivity contribution >= 4 is 0 Å². The van der Waals surface area contributed by atoms with Crippen LogP contribution in [0.3, 0.4) is 0 Å². The molecule has 5 nitrogen and oxygen atoms in total. The van der Waals surface area contributed by atoms with Crippen LogP contribution in [0.4, 0.5) is 0 Å². The quantitative estimate of drug-likeness (QED) is 0.746. The molecule has 2 heterocycles. The maximum absolute atomic E-state index is 6.20. The second kappa shape index (κ2) is 6.23. The Labute approximate surface area is 146 Å². The van der Waals surface area contributed by atoms with E-state index < -0.39 is 0 Å². The van der Waals surface area contributed by atoms with Crippen molar-refractivity contribution in [2.45, 2.75) is 38.3 Å². The molecule has 0 radical (unpaired) electrons. The number of nitrogens with zero attached hydrogens (tertiary/aromatic N) is 3. The van der Waals surface area contributed by atoms with Gasteiger partial charge in [0, 0.05) is 36.0 Å². The maximum Gasteiger partial charge on any atom is 0.210 e. The molecule has 0 bridgehead atoms. The van der Waals surface area contributed by atoms with Crippen molar-refractivity contribution in [2.24, 2.45) is 5.73 Å². The zero-order valence-electron chi connectivity index (χ0n) is 14.2. The van der Waals surface area contributed by atoms with Crippen LogP contribution in [0.5, 0.6) is 0 Å². The van der Waals surface area contributed by atoms with Gasteiger partial charge in [0.15, 0.2) is 0 Å². The highest BCUT2D eigenvalue weighted by Gasteiger charge is 2.39. The molecule has 1 aliphatic rings. The molecule has 0 atom stereocenters. The summed E-state index contributed by atoms with van der Waals surface area (Å²) in [5.74, 6) is 7.74. The molecule has 0 saturated heterocycles. The van der Waals surface area contributed by atoms with E-state index in [1.807, 2.05) is 24.4 Å². The van der Waals surface area contributed by atoms with Crippen molar-refractivity contribution in [3.8, 4) is 11.8 Å². The van der Waals surface area contributed by atoms with Gasteiger partial charge in [-0.3, -0.25) is 0 Å². The van der Waals surface area contributed by atoms with E-state index in [1.165, 1.54) is 5.56 Å². The van der Waals surface area contributed by atoms with E-state index in [9.17, 15) is 0 Å². The summed E-state index contributed by atoms with van der Waals surface area (Å²) in [6, 6.07) is 10.0. The lowest BCUT2D eigenvalue weighted by molar-refractivity contribution is 0.401. The van der Waals surface area contributed by atoms with Gasteiger partial charge in [0.05, 0.1) is 6.54 Å². The molecule has 4 rings (SSSR count). The molecule has 0 aliphatic heterocycles. The summed E-state index contributed by atoms with van der Waals surface area (Å²) in [6.45, 7) is 2.72. The van der Waals surface area contributed by atoms with Crippen molar-refractivity contribution < 1.29 is 4.52 Å². The summed E-state index contributed by atoms with van der Waals surface area (Å²) in [4.78, 5) is 4.31. The first-order valence-electron chi connectivity index (χ1n) is 8.53. The molecular weight excluding hydrogens is 312 g/mol. The van der Waals surface area contributed by atoms with Crippen molar-refractivity contribution in [1.82, 2.24) is 14.7 Å². The highest BCUT2D eigenvalue weighted by atomic mass is 16.5. The van der Waals surface area contributed by atoms with Crippen molar-refractivity contribution in [3.63, 3.8) is 0 Å². The molecule has 1 aromatic carbocycles. The van der Waals surface area contributed by atoms with Crippen LogP contribution in [0.1, 0.15) is 48.2 Å². The summed E-state index contributed by atoms with van der Waals surface area (Å²) < 4.78 is 7.38. The minimum absolute atomic E-state index is 0.101.